The van der Waals surface area contributed by atoms with Crippen molar-refractivity contribution in [1.82, 2.24) is 5.01 Å². The fourth-order valence-corrected chi connectivity index (χ4v) is 1.69. The predicted molar refractivity (Wildman–Crippen MR) is 72.2 cm³/mol. The van der Waals surface area contributed by atoms with Gasteiger partial charge < -0.3 is 0 Å². The van der Waals surface area contributed by atoms with Gasteiger partial charge in [0.25, 0.3) is 5.91 Å². The van der Waals surface area contributed by atoms with Crippen LogP contribution in [-0.2, 0) is 4.79 Å². The molecule has 0 N–H and O–H groups in total. The minimum Gasteiger partial charge on any atom is -0.268 e. The third-order valence-electron chi connectivity index (χ3n) is 3.08. The molecular formula is C14H20F2N2O. The Hall–Kier alpha value is -1.52. The molecule has 5 heteroatoms. The lowest BCUT2D eigenvalue weighted by Gasteiger charge is -2.17. The fourth-order valence-electron chi connectivity index (χ4n) is 1.69. The lowest BCUT2D eigenvalue weighted by atomic mass is 10.0. The number of hydrogen-bond donors (Lipinski definition) is 0. The molecule has 1 amide bonds. The number of hydrazone groups is 1. The van der Waals surface area contributed by atoms with E-state index in [0.717, 1.165) is 0 Å². The highest BCUT2D eigenvalue weighted by molar-refractivity contribution is 6.03. The number of carbonyl (C=O) groups excluding carboxylic acids is 1. The van der Waals surface area contributed by atoms with Crippen LogP contribution in [0.3, 0.4) is 0 Å². The van der Waals surface area contributed by atoms with E-state index < -0.39 is 5.92 Å². The Morgan fingerprint density at radius 3 is 2.79 bits per heavy atom. The second-order valence-electron chi connectivity index (χ2n) is 4.52. The Bertz CT molecular complexity index is 414. The van der Waals surface area contributed by atoms with Gasteiger partial charge in [0.15, 0.2) is 0 Å². The smallest absolute Gasteiger partial charge is 0.266 e. The van der Waals surface area contributed by atoms with Gasteiger partial charge in [0.2, 0.25) is 5.92 Å². The highest BCUT2D eigenvalue weighted by Crippen LogP contribution is 2.26. The molecule has 0 aromatic heterocycles. The van der Waals surface area contributed by atoms with Crippen LogP contribution >= 0.6 is 0 Å². The Balaban J connectivity index is 2.71. The van der Waals surface area contributed by atoms with Crippen molar-refractivity contribution >= 4 is 11.6 Å². The number of rotatable bonds is 6. The van der Waals surface area contributed by atoms with Crippen LogP contribution in [0.5, 0.6) is 0 Å². The molecule has 1 aliphatic rings. The molecule has 0 radical (unpaired) electrons. The maximum absolute atomic E-state index is 13.2. The average Bonchev–Trinajstić information content (AvgIpc) is 2.58. The molecule has 1 aliphatic heterocycles. The Kier molecular flexibility index (Phi) is 5.39. The van der Waals surface area contributed by atoms with Crippen LogP contribution in [0.4, 0.5) is 8.78 Å². The van der Waals surface area contributed by atoms with E-state index in [4.69, 9.17) is 0 Å². The Labute approximate surface area is 112 Å². The van der Waals surface area contributed by atoms with Crippen LogP contribution in [0.15, 0.2) is 29.4 Å². The summed E-state index contributed by atoms with van der Waals surface area (Å²) >= 11 is 0. The van der Waals surface area contributed by atoms with Crippen molar-refractivity contribution < 1.29 is 13.6 Å². The van der Waals surface area contributed by atoms with E-state index in [1.165, 1.54) is 18.0 Å². The molecule has 1 rings (SSSR count). The van der Waals surface area contributed by atoms with Gasteiger partial charge in [-0.15, -0.1) is 0 Å². The van der Waals surface area contributed by atoms with Crippen LogP contribution in [-0.4, -0.2) is 29.1 Å². The molecule has 0 aromatic rings. The second-order valence-corrected chi connectivity index (χ2v) is 4.52. The molecule has 0 unspecified atom stereocenters. The topological polar surface area (TPSA) is 32.7 Å². The summed E-state index contributed by atoms with van der Waals surface area (Å²) in [5.41, 5.74) is 1.18. The van der Waals surface area contributed by atoms with Crippen LogP contribution in [0.2, 0.25) is 0 Å². The van der Waals surface area contributed by atoms with Crippen molar-refractivity contribution in [3.63, 3.8) is 0 Å². The standard InChI is InChI=1S/C14H20F2N2O/c1-4-14(15,16)10-9-11(3)12-7-6-8-13(19)18(5-2)17-12/h6,8H,3-5,7,9-10H2,1-2H3. The second kappa shape index (κ2) is 6.59. The van der Waals surface area contributed by atoms with Crippen molar-refractivity contribution in [2.75, 3.05) is 6.54 Å². The molecule has 3 nitrogen and oxygen atoms in total. The number of likely N-dealkylation sites (N-methyl/N-ethyl adjacent to an activating group) is 1. The van der Waals surface area contributed by atoms with Gasteiger partial charge in [0.05, 0.1) is 5.71 Å². The third kappa shape index (κ3) is 4.58. The third-order valence-corrected chi connectivity index (χ3v) is 3.08. The van der Waals surface area contributed by atoms with Gasteiger partial charge in [0, 0.05) is 31.9 Å². The highest BCUT2D eigenvalue weighted by atomic mass is 19.3. The van der Waals surface area contributed by atoms with Crippen molar-refractivity contribution in [3.8, 4) is 0 Å². The molecule has 0 aromatic carbocycles. The van der Waals surface area contributed by atoms with Gasteiger partial charge in [0.1, 0.15) is 0 Å². The van der Waals surface area contributed by atoms with Gasteiger partial charge in [-0.1, -0.05) is 19.6 Å². The first kappa shape index (κ1) is 15.5. The van der Waals surface area contributed by atoms with Gasteiger partial charge in [-0.3, -0.25) is 4.79 Å². The molecule has 0 saturated heterocycles. The normalized spacial score (nSPS) is 16.3. The number of carbonyl (C=O) groups is 1. The van der Waals surface area contributed by atoms with Gasteiger partial charge in [-0.25, -0.2) is 13.8 Å². The first-order valence-corrected chi connectivity index (χ1v) is 6.51. The van der Waals surface area contributed by atoms with Crippen molar-refractivity contribution in [2.45, 2.75) is 45.5 Å². The van der Waals surface area contributed by atoms with Crippen molar-refractivity contribution in [3.05, 3.63) is 24.3 Å². The highest BCUT2D eigenvalue weighted by Gasteiger charge is 2.26. The molecule has 0 bridgehead atoms. The summed E-state index contributed by atoms with van der Waals surface area (Å²) in [6.45, 7) is 7.54. The Morgan fingerprint density at radius 2 is 2.21 bits per heavy atom. The number of nitrogens with zero attached hydrogens (tertiary/aromatic N) is 2. The summed E-state index contributed by atoms with van der Waals surface area (Å²) in [5, 5.41) is 5.52. The maximum Gasteiger partial charge on any atom is 0.266 e. The first-order chi connectivity index (χ1) is 8.89. The van der Waals surface area contributed by atoms with E-state index in [1.807, 2.05) is 6.92 Å². The first-order valence-electron chi connectivity index (χ1n) is 6.51. The number of allylic oxidation sites excluding steroid dienone is 2. The predicted octanol–water partition coefficient (Wildman–Crippen LogP) is 3.53. The number of amides is 1. The molecule has 0 saturated carbocycles. The molecule has 0 spiro atoms. The van der Waals surface area contributed by atoms with E-state index >= 15 is 0 Å². The van der Waals surface area contributed by atoms with Crippen molar-refractivity contribution in [2.24, 2.45) is 5.10 Å². The average molecular weight is 270 g/mol. The van der Waals surface area contributed by atoms with Crippen LogP contribution < -0.4 is 0 Å². The lowest BCUT2D eigenvalue weighted by Crippen LogP contribution is -2.24. The van der Waals surface area contributed by atoms with E-state index in [0.29, 0.717) is 24.3 Å². The molecular weight excluding hydrogens is 250 g/mol. The van der Waals surface area contributed by atoms with E-state index in [1.54, 1.807) is 6.08 Å². The van der Waals surface area contributed by atoms with Gasteiger partial charge in [-0.2, -0.15) is 5.10 Å². The summed E-state index contributed by atoms with van der Waals surface area (Å²) in [6.07, 6.45) is 3.39. The fraction of sp³-hybridized carbons (Fsp3) is 0.571. The minimum absolute atomic E-state index is 0.174. The molecule has 0 aliphatic carbocycles. The van der Waals surface area contributed by atoms with Crippen LogP contribution in [0.25, 0.3) is 0 Å². The zero-order valence-corrected chi connectivity index (χ0v) is 11.5. The quantitative estimate of drug-likeness (QED) is 0.726. The van der Waals surface area contributed by atoms with Crippen LogP contribution in [0, 0.1) is 0 Å². The Morgan fingerprint density at radius 1 is 1.53 bits per heavy atom. The van der Waals surface area contributed by atoms with Crippen LogP contribution in [0.1, 0.15) is 39.5 Å². The maximum atomic E-state index is 13.2. The summed E-state index contributed by atoms with van der Waals surface area (Å²) < 4.78 is 26.4. The molecule has 106 valence electrons. The molecule has 0 atom stereocenters. The zero-order chi connectivity index (χ0) is 14.5. The van der Waals surface area contributed by atoms with E-state index in [9.17, 15) is 13.6 Å². The zero-order valence-electron chi connectivity index (χ0n) is 11.5. The number of alkyl halides is 2. The van der Waals surface area contributed by atoms with E-state index in [2.05, 4.69) is 11.7 Å². The largest absolute Gasteiger partial charge is 0.268 e. The number of hydrogen-bond acceptors (Lipinski definition) is 2. The monoisotopic (exact) mass is 270 g/mol. The SMILES string of the molecule is C=C(CCC(F)(F)CC)C1=NN(CC)C(=O)C=CC1. The van der Waals surface area contributed by atoms with Crippen molar-refractivity contribution in [1.29, 1.82) is 0 Å². The number of halogens is 2. The van der Waals surface area contributed by atoms with E-state index in [-0.39, 0.29) is 25.2 Å². The molecule has 1 heterocycles. The lowest BCUT2D eigenvalue weighted by molar-refractivity contribution is -0.125. The summed E-state index contributed by atoms with van der Waals surface area (Å²) in [5.74, 6) is -2.85. The molecule has 0 fully saturated rings. The summed E-state index contributed by atoms with van der Waals surface area (Å²) in [6, 6.07) is 0. The van der Waals surface area contributed by atoms with Gasteiger partial charge in [-0.05, 0) is 18.9 Å². The molecule has 19 heavy (non-hydrogen) atoms. The summed E-state index contributed by atoms with van der Waals surface area (Å²) in [7, 11) is 0. The van der Waals surface area contributed by atoms with Gasteiger partial charge >= 0.3 is 0 Å². The summed E-state index contributed by atoms with van der Waals surface area (Å²) in [4.78, 5) is 11.6. The minimum atomic E-state index is -2.66.